The van der Waals surface area contributed by atoms with Crippen molar-refractivity contribution in [1.29, 1.82) is 0 Å². The normalized spacial score (nSPS) is 25.7. The maximum absolute atomic E-state index is 12.6. The molecular weight excluding hydrogens is 310 g/mol. The van der Waals surface area contributed by atoms with Gasteiger partial charge in [0.2, 0.25) is 5.91 Å². The highest BCUT2D eigenvalue weighted by atomic mass is 16.2. The minimum atomic E-state index is 0.302. The molecule has 0 aromatic heterocycles. The van der Waals surface area contributed by atoms with E-state index in [9.17, 15) is 4.79 Å². The Morgan fingerprint density at radius 2 is 1.60 bits per heavy atom. The summed E-state index contributed by atoms with van der Waals surface area (Å²) in [5.41, 5.74) is 1.37. The zero-order chi connectivity index (χ0) is 17.6. The van der Waals surface area contributed by atoms with Crippen molar-refractivity contribution in [3.63, 3.8) is 0 Å². The summed E-state index contributed by atoms with van der Waals surface area (Å²) in [4.78, 5) is 19.5. The van der Waals surface area contributed by atoms with Gasteiger partial charge < -0.3 is 4.90 Å². The van der Waals surface area contributed by atoms with Crippen LogP contribution in [-0.2, 0) is 11.3 Å². The Balaban J connectivity index is 1.40. The van der Waals surface area contributed by atoms with E-state index in [4.69, 9.17) is 0 Å². The van der Waals surface area contributed by atoms with Crippen molar-refractivity contribution in [3.05, 3.63) is 35.9 Å². The number of carbonyl (C=O) groups excluding carboxylic acids is 1. The number of piperazine rings is 1. The molecule has 138 valence electrons. The molecule has 0 N–H and O–H groups in total. The lowest BCUT2D eigenvalue weighted by atomic mass is 9.87. The van der Waals surface area contributed by atoms with Gasteiger partial charge in [-0.1, -0.05) is 37.3 Å². The summed E-state index contributed by atoms with van der Waals surface area (Å²) in [5, 5.41) is 0. The molecular formula is C21H33N3O. The smallest absolute Gasteiger partial charge is 0.236 e. The Hall–Kier alpha value is -1.39. The summed E-state index contributed by atoms with van der Waals surface area (Å²) in [5.74, 6) is 1.13. The number of hydrogen-bond donors (Lipinski definition) is 0. The summed E-state index contributed by atoms with van der Waals surface area (Å²) < 4.78 is 0. The quantitative estimate of drug-likeness (QED) is 0.822. The Labute approximate surface area is 152 Å². The van der Waals surface area contributed by atoms with Crippen LogP contribution in [0, 0.1) is 5.92 Å². The molecule has 0 bridgehead atoms. The second-order valence-corrected chi connectivity index (χ2v) is 7.96. The Bertz CT molecular complexity index is 531. The molecule has 0 atom stereocenters. The van der Waals surface area contributed by atoms with Crippen LogP contribution in [0.1, 0.15) is 38.2 Å². The van der Waals surface area contributed by atoms with Crippen LogP contribution in [0.3, 0.4) is 0 Å². The Morgan fingerprint density at radius 3 is 2.24 bits per heavy atom. The molecule has 0 radical (unpaired) electrons. The van der Waals surface area contributed by atoms with E-state index in [1.54, 1.807) is 0 Å². The predicted molar refractivity (Wildman–Crippen MR) is 102 cm³/mol. The summed E-state index contributed by atoms with van der Waals surface area (Å²) >= 11 is 0. The van der Waals surface area contributed by atoms with Crippen molar-refractivity contribution in [2.24, 2.45) is 5.92 Å². The van der Waals surface area contributed by atoms with Gasteiger partial charge in [-0.2, -0.15) is 0 Å². The average molecular weight is 344 g/mol. The number of nitrogens with zero attached hydrogens (tertiary/aromatic N) is 3. The SMILES string of the molecule is CC1CCC(N(C)C(=O)CN2CCN(Cc3ccccc3)CC2)CC1. The fourth-order valence-electron chi connectivity index (χ4n) is 4.08. The van der Waals surface area contributed by atoms with E-state index >= 15 is 0 Å². The maximum atomic E-state index is 12.6. The van der Waals surface area contributed by atoms with Gasteiger partial charge in [-0.05, 0) is 37.2 Å². The van der Waals surface area contributed by atoms with E-state index in [2.05, 4.69) is 47.1 Å². The van der Waals surface area contributed by atoms with E-state index in [-0.39, 0.29) is 0 Å². The van der Waals surface area contributed by atoms with Crippen molar-refractivity contribution >= 4 is 5.91 Å². The zero-order valence-corrected chi connectivity index (χ0v) is 15.9. The first-order valence-corrected chi connectivity index (χ1v) is 9.86. The molecule has 1 aliphatic carbocycles. The largest absolute Gasteiger partial charge is 0.342 e. The summed E-state index contributed by atoms with van der Waals surface area (Å²) in [6.45, 7) is 8.01. The molecule has 25 heavy (non-hydrogen) atoms. The Kier molecular flexibility index (Phi) is 6.49. The van der Waals surface area contributed by atoms with E-state index < -0.39 is 0 Å². The predicted octanol–water partition coefficient (Wildman–Crippen LogP) is 2.84. The van der Waals surface area contributed by atoms with Crippen LogP contribution in [0.5, 0.6) is 0 Å². The second-order valence-electron chi connectivity index (χ2n) is 7.96. The third-order valence-electron chi connectivity index (χ3n) is 6.00. The monoisotopic (exact) mass is 343 g/mol. The molecule has 1 heterocycles. The van der Waals surface area contributed by atoms with Crippen molar-refractivity contribution in [2.75, 3.05) is 39.8 Å². The van der Waals surface area contributed by atoms with Crippen molar-refractivity contribution in [1.82, 2.24) is 14.7 Å². The van der Waals surface area contributed by atoms with Gasteiger partial charge in [0.05, 0.1) is 6.54 Å². The first kappa shape index (κ1) is 18.4. The number of hydrogen-bond acceptors (Lipinski definition) is 3. The third-order valence-corrected chi connectivity index (χ3v) is 6.00. The maximum Gasteiger partial charge on any atom is 0.236 e. The van der Waals surface area contributed by atoms with Crippen molar-refractivity contribution in [3.8, 4) is 0 Å². The number of likely N-dealkylation sites (N-methyl/N-ethyl adjacent to an activating group) is 1. The van der Waals surface area contributed by atoms with Gasteiger partial charge >= 0.3 is 0 Å². The van der Waals surface area contributed by atoms with Crippen molar-refractivity contribution < 1.29 is 4.79 Å². The molecule has 1 aromatic carbocycles. The first-order chi connectivity index (χ1) is 12.1. The number of rotatable bonds is 5. The van der Waals surface area contributed by atoms with Crippen LogP contribution in [0.2, 0.25) is 0 Å². The highest BCUT2D eigenvalue weighted by Crippen LogP contribution is 2.26. The van der Waals surface area contributed by atoms with Gasteiger partial charge in [-0.25, -0.2) is 0 Å². The molecule has 0 spiro atoms. The topological polar surface area (TPSA) is 26.8 Å². The number of benzene rings is 1. The van der Waals surface area contributed by atoms with E-state index in [1.165, 1.54) is 31.2 Å². The van der Waals surface area contributed by atoms with Crippen LogP contribution in [0.25, 0.3) is 0 Å². The van der Waals surface area contributed by atoms with Crippen LogP contribution >= 0.6 is 0 Å². The van der Waals surface area contributed by atoms with E-state index in [0.29, 0.717) is 18.5 Å². The van der Waals surface area contributed by atoms with Crippen molar-refractivity contribution in [2.45, 2.75) is 45.2 Å². The minimum Gasteiger partial charge on any atom is -0.342 e. The molecule has 0 unspecified atom stereocenters. The van der Waals surface area contributed by atoms with E-state index in [0.717, 1.165) is 38.6 Å². The van der Waals surface area contributed by atoms with Gasteiger partial charge in [-0.15, -0.1) is 0 Å². The molecule has 2 fully saturated rings. The van der Waals surface area contributed by atoms with E-state index in [1.807, 2.05) is 11.9 Å². The van der Waals surface area contributed by atoms with Gasteiger partial charge in [0.15, 0.2) is 0 Å². The molecule has 3 rings (SSSR count). The van der Waals surface area contributed by atoms with Gasteiger partial charge in [0.25, 0.3) is 0 Å². The van der Waals surface area contributed by atoms with Crippen LogP contribution in [0.4, 0.5) is 0 Å². The fraction of sp³-hybridized carbons (Fsp3) is 0.667. The fourth-order valence-corrected chi connectivity index (χ4v) is 4.08. The highest BCUT2D eigenvalue weighted by Gasteiger charge is 2.26. The van der Waals surface area contributed by atoms with Crippen LogP contribution in [0.15, 0.2) is 30.3 Å². The summed E-state index contributed by atoms with van der Waals surface area (Å²) in [6, 6.07) is 11.1. The molecule has 4 heteroatoms. The van der Waals surface area contributed by atoms with Gasteiger partial charge in [0, 0.05) is 45.8 Å². The van der Waals surface area contributed by atoms with Gasteiger partial charge in [-0.3, -0.25) is 14.6 Å². The second kappa shape index (κ2) is 8.81. The van der Waals surface area contributed by atoms with Crippen LogP contribution in [-0.4, -0.2) is 66.4 Å². The molecule has 1 saturated heterocycles. The highest BCUT2D eigenvalue weighted by molar-refractivity contribution is 5.78. The van der Waals surface area contributed by atoms with Crippen LogP contribution < -0.4 is 0 Å². The number of amides is 1. The standard InChI is InChI=1S/C21H33N3O/c1-18-8-10-20(11-9-18)22(2)21(25)17-24-14-12-23(13-15-24)16-19-6-4-3-5-7-19/h3-7,18,20H,8-17H2,1-2H3. The number of carbonyl (C=O) groups is 1. The summed E-state index contributed by atoms with van der Waals surface area (Å²) in [7, 11) is 2.01. The lowest BCUT2D eigenvalue weighted by Gasteiger charge is -2.37. The average Bonchev–Trinajstić information content (AvgIpc) is 2.64. The molecule has 4 nitrogen and oxygen atoms in total. The molecule has 1 aliphatic heterocycles. The first-order valence-electron chi connectivity index (χ1n) is 9.86. The third kappa shape index (κ3) is 5.29. The summed E-state index contributed by atoms with van der Waals surface area (Å²) in [6.07, 6.45) is 4.88. The minimum absolute atomic E-state index is 0.302. The lowest BCUT2D eigenvalue weighted by Crippen LogP contribution is -2.50. The van der Waals surface area contributed by atoms with Gasteiger partial charge in [0.1, 0.15) is 0 Å². The zero-order valence-electron chi connectivity index (χ0n) is 15.9. The Morgan fingerprint density at radius 1 is 1.00 bits per heavy atom. The molecule has 1 aromatic rings. The molecule has 2 aliphatic rings. The molecule has 1 amide bonds. The molecule has 1 saturated carbocycles. The lowest BCUT2D eigenvalue weighted by molar-refractivity contribution is -0.134.